The number of carbonyl (C=O) groups excluding carboxylic acids is 1. The van der Waals surface area contributed by atoms with E-state index in [9.17, 15) is 14.9 Å². The SMILES string of the molecule is CNC(=O)/C(C#N)=C/c1c(Oc2ccccc2OC)nc2ccccn2c1=O. The number of ether oxygens (including phenoxy) is 2. The third kappa shape index (κ3) is 3.54. The van der Waals surface area contributed by atoms with E-state index in [0.29, 0.717) is 17.1 Å². The van der Waals surface area contributed by atoms with Gasteiger partial charge in [-0.2, -0.15) is 10.2 Å². The summed E-state index contributed by atoms with van der Waals surface area (Å²) in [4.78, 5) is 29.3. The number of para-hydroxylation sites is 2. The summed E-state index contributed by atoms with van der Waals surface area (Å²) in [6, 6.07) is 13.7. The second-order valence-electron chi connectivity index (χ2n) is 5.57. The highest BCUT2D eigenvalue weighted by molar-refractivity contribution is 6.01. The largest absolute Gasteiger partial charge is 0.493 e. The average Bonchev–Trinajstić information content (AvgIpc) is 2.73. The molecular formula is C20H16N4O4. The Hall–Kier alpha value is -4.12. The topological polar surface area (TPSA) is 106 Å². The number of hydrogen-bond acceptors (Lipinski definition) is 6. The highest BCUT2D eigenvalue weighted by atomic mass is 16.5. The highest BCUT2D eigenvalue weighted by Gasteiger charge is 2.17. The molecule has 0 aliphatic carbocycles. The monoisotopic (exact) mass is 376 g/mol. The number of aromatic nitrogens is 2. The number of rotatable bonds is 5. The Labute approximate surface area is 160 Å². The molecule has 1 aromatic carbocycles. The molecule has 0 aliphatic rings. The third-order valence-corrected chi connectivity index (χ3v) is 3.89. The molecule has 0 saturated heterocycles. The van der Waals surface area contributed by atoms with Crippen LogP contribution in [0, 0.1) is 11.3 Å². The maximum Gasteiger partial charge on any atom is 0.269 e. The molecule has 8 nitrogen and oxygen atoms in total. The lowest BCUT2D eigenvalue weighted by Crippen LogP contribution is -2.22. The van der Waals surface area contributed by atoms with Gasteiger partial charge in [0, 0.05) is 13.2 Å². The first-order valence-electron chi connectivity index (χ1n) is 8.25. The van der Waals surface area contributed by atoms with E-state index in [2.05, 4.69) is 10.3 Å². The molecule has 0 bridgehead atoms. The van der Waals surface area contributed by atoms with Crippen LogP contribution in [0.3, 0.4) is 0 Å². The van der Waals surface area contributed by atoms with Crippen LogP contribution in [0.1, 0.15) is 5.56 Å². The maximum absolute atomic E-state index is 13.0. The Morgan fingerprint density at radius 3 is 2.61 bits per heavy atom. The highest BCUT2D eigenvalue weighted by Crippen LogP contribution is 2.31. The molecule has 0 fully saturated rings. The van der Waals surface area contributed by atoms with Gasteiger partial charge in [-0.1, -0.05) is 18.2 Å². The molecule has 3 rings (SSSR count). The quantitative estimate of drug-likeness (QED) is 0.540. The van der Waals surface area contributed by atoms with Crippen molar-refractivity contribution in [3.63, 3.8) is 0 Å². The summed E-state index contributed by atoms with van der Waals surface area (Å²) in [7, 11) is 2.89. The van der Waals surface area contributed by atoms with Crippen molar-refractivity contribution in [1.82, 2.24) is 14.7 Å². The molecule has 1 N–H and O–H groups in total. The predicted molar refractivity (Wildman–Crippen MR) is 102 cm³/mol. The molecule has 8 heteroatoms. The number of likely N-dealkylation sites (N-methyl/N-ethyl adjacent to an activating group) is 1. The van der Waals surface area contributed by atoms with Crippen LogP contribution in [0.5, 0.6) is 17.4 Å². The van der Waals surface area contributed by atoms with E-state index in [4.69, 9.17) is 9.47 Å². The van der Waals surface area contributed by atoms with Crippen molar-refractivity contribution in [2.75, 3.05) is 14.2 Å². The summed E-state index contributed by atoms with van der Waals surface area (Å²) in [5.41, 5.74) is -0.405. The molecule has 0 radical (unpaired) electrons. The number of hydrogen-bond donors (Lipinski definition) is 1. The molecular weight excluding hydrogens is 360 g/mol. The Morgan fingerprint density at radius 1 is 1.21 bits per heavy atom. The lowest BCUT2D eigenvalue weighted by Gasteiger charge is -2.12. The van der Waals surface area contributed by atoms with Crippen molar-refractivity contribution in [2.24, 2.45) is 0 Å². The van der Waals surface area contributed by atoms with E-state index in [1.807, 2.05) is 0 Å². The zero-order valence-corrected chi connectivity index (χ0v) is 15.2. The molecule has 0 spiro atoms. The summed E-state index contributed by atoms with van der Waals surface area (Å²) in [5, 5.41) is 11.6. The van der Waals surface area contributed by atoms with E-state index in [-0.39, 0.29) is 17.0 Å². The number of nitriles is 1. The molecule has 1 amide bonds. The smallest absolute Gasteiger partial charge is 0.269 e. The zero-order valence-electron chi connectivity index (χ0n) is 15.2. The van der Waals surface area contributed by atoms with Crippen LogP contribution >= 0.6 is 0 Å². The minimum absolute atomic E-state index is 0.0326. The standard InChI is InChI=1S/C20H16N4O4/c1-22-18(25)13(12-21)11-14-19(28-16-8-4-3-7-15(16)27-2)23-17-9-5-6-10-24(17)20(14)26/h3-11H,1-2H3,(H,22,25)/b13-11+. The Kier molecular flexibility index (Phi) is 5.37. The predicted octanol–water partition coefficient (Wildman–Crippen LogP) is 2.15. The Balaban J connectivity index is 2.26. The van der Waals surface area contributed by atoms with Crippen molar-refractivity contribution in [1.29, 1.82) is 5.26 Å². The van der Waals surface area contributed by atoms with E-state index in [0.717, 1.165) is 0 Å². The maximum atomic E-state index is 13.0. The van der Waals surface area contributed by atoms with Crippen LogP contribution in [0.2, 0.25) is 0 Å². The van der Waals surface area contributed by atoms with Gasteiger partial charge in [-0.25, -0.2) is 0 Å². The van der Waals surface area contributed by atoms with Gasteiger partial charge in [0.15, 0.2) is 11.5 Å². The number of amides is 1. The van der Waals surface area contributed by atoms with E-state index in [1.165, 1.54) is 24.6 Å². The minimum atomic E-state index is -0.622. The number of nitrogens with zero attached hydrogens (tertiary/aromatic N) is 3. The van der Waals surface area contributed by atoms with Gasteiger partial charge in [0.05, 0.1) is 7.11 Å². The first-order chi connectivity index (χ1) is 13.6. The average molecular weight is 376 g/mol. The molecule has 0 atom stereocenters. The molecule has 28 heavy (non-hydrogen) atoms. The number of fused-ring (bicyclic) bond motifs is 1. The van der Waals surface area contributed by atoms with Crippen LogP contribution < -0.4 is 20.3 Å². The fraction of sp³-hybridized carbons (Fsp3) is 0.100. The molecule has 2 heterocycles. The van der Waals surface area contributed by atoms with Crippen molar-refractivity contribution in [3.05, 3.63) is 70.2 Å². The van der Waals surface area contributed by atoms with Crippen LogP contribution in [0.15, 0.2) is 59.0 Å². The van der Waals surface area contributed by atoms with Crippen molar-refractivity contribution in [2.45, 2.75) is 0 Å². The Bertz CT molecular complexity index is 1170. The van der Waals surface area contributed by atoms with Crippen molar-refractivity contribution in [3.8, 4) is 23.4 Å². The number of nitrogens with one attached hydrogen (secondary N) is 1. The zero-order chi connectivity index (χ0) is 20.1. The first kappa shape index (κ1) is 18.7. The molecule has 2 aromatic heterocycles. The fourth-order valence-corrected chi connectivity index (χ4v) is 2.52. The lowest BCUT2D eigenvalue weighted by molar-refractivity contribution is -0.116. The normalized spacial score (nSPS) is 11.0. The van der Waals surface area contributed by atoms with Gasteiger partial charge >= 0.3 is 0 Å². The third-order valence-electron chi connectivity index (χ3n) is 3.89. The summed E-state index contributed by atoms with van der Waals surface area (Å²) >= 11 is 0. The van der Waals surface area contributed by atoms with Gasteiger partial charge in [0.1, 0.15) is 22.9 Å². The number of methoxy groups -OCH3 is 1. The molecule has 0 unspecified atom stereocenters. The minimum Gasteiger partial charge on any atom is -0.493 e. The van der Waals surface area contributed by atoms with Gasteiger partial charge in [0.2, 0.25) is 5.88 Å². The van der Waals surface area contributed by atoms with Crippen LogP contribution in [-0.2, 0) is 4.79 Å². The second-order valence-corrected chi connectivity index (χ2v) is 5.57. The van der Waals surface area contributed by atoms with Crippen molar-refractivity contribution >= 4 is 17.6 Å². The summed E-state index contributed by atoms with van der Waals surface area (Å²) < 4.78 is 12.4. The molecule has 0 saturated carbocycles. The van der Waals surface area contributed by atoms with Crippen LogP contribution in [0.25, 0.3) is 11.7 Å². The first-order valence-corrected chi connectivity index (χ1v) is 8.25. The number of carbonyl (C=O) groups is 1. The fourth-order valence-electron chi connectivity index (χ4n) is 2.52. The van der Waals surface area contributed by atoms with E-state index in [1.54, 1.807) is 54.7 Å². The van der Waals surface area contributed by atoms with Gasteiger partial charge in [0.25, 0.3) is 11.5 Å². The summed E-state index contributed by atoms with van der Waals surface area (Å²) in [6.45, 7) is 0. The van der Waals surface area contributed by atoms with Gasteiger partial charge in [-0.3, -0.25) is 14.0 Å². The van der Waals surface area contributed by atoms with E-state index >= 15 is 0 Å². The number of pyridine rings is 1. The number of benzene rings is 1. The summed E-state index contributed by atoms with van der Waals surface area (Å²) in [5.74, 6) is 0.116. The molecule has 140 valence electrons. The Morgan fingerprint density at radius 2 is 1.93 bits per heavy atom. The van der Waals surface area contributed by atoms with Crippen LogP contribution in [0.4, 0.5) is 0 Å². The second kappa shape index (κ2) is 8.05. The lowest BCUT2D eigenvalue weighted by atomic mass is 10.1. The van der Waals surface area contributed by atoms with Gasteiger partial charge in [-0.15, -0.1) is 0 Å². The van der Waals surface area contributed by atoms with Crippen LogP contribution in [-0.4, -0.2) is 29.4 Å². The van der Waals surface area contributed by atoms with Gasteiger partial charge < -0.3 is 14.8 Å². The summed E-state index contributed by atoms with van der Waals surface area (Å²) in [6.07, 6.45) is 2.71. The van der Waals surface area contributed by atoms with Crippen molar-refractivity contribution < 1.29 is 14.3 Å². The molecule has 0 aliphatic heterocycles. The van der Waals surface area contributed by atoms with E-state index < -0.39 is 11.5 Å². The molecule has 3 aromatic rings. The van der Waals surface area contributed by atoms with Gasteiger partial charge in [-0.05, 0) is 30.3 Å².